The molecule has 1 aliphatic heterocycles. The van der Waals surface area contributed by atoms with Gasteiger partial charge < -0.3 is 10.4 Å². The minimum absolute atomic E-state index is 0.0611. The zero-order valence-corrected chi connectivity index (χ0v) is 18.0. The van der Waals surface area contributed by atoms with Gasteiger partial charge in [0.2, 0.25) is 0 Å². The van der Waals surface area contributed by atoms with E-state index in [9.17, 15) is 4.79 Å². The molecule has 1 fully saturated rings. The smallest absolute Gasteiger partial charge is 0.261 e. The average Bonchev–Trinajstić information content (AvgIpc) is 3.36. The summed E-state index contributed by atoms with van der Waals surface area (Å²) in [6.07, 6.45) is 5.04. The third kappa shape index (κ3) is 4.61. The fourth-order valence-electron chi connectivity index (χ4n) is 4.22. The number of likely N-dealkylation sites (tertiary alicyclic amines) is 1. The van der Waals surface area contributed by atoms with Crippen molar-refractivity contribution in [2.24, 2.45) is 0 Å². The molecule has 0 unspecified atom stereocenters. The van der Waals surface area contributed by atoms with Crippen LogP contribution in [-0.2, 0) is 0 Å². The fraction of sp³-hybridized carbons (Fsp3) is 0.333. The predicted molar refractivity (Wildman–Crippen MR) is 123 cm³/mol. The van der Waals surface area contributed by atoms with Gasteiger partial charge in [0.1, 0.15) is 4.83 Å². The lowest BCUT2D eigenvalue weighted by Crippen LogP contribution is -2.27. The molecule has 3 heterocycles. The number of hydrogen-bond acceptors (Lipinski definition) is 5. The van der Waals surface area contributed by atoms with Gasteiger partial charge in [-0.25, -0.2) is 4.98 Å². The van der Waals surface area contributed by atoms with E-state index in [2.05, 4.69) is 58.5 Å². The summed E-state index contributed by atoms with van der Waals surface area (Å²) in [5.74, 6) is 0.197. The van der Waals surface area contributed by atoms with Gasteiger partial charge in [-0.2, -0.15) is 0 Å². The minimum Gasteiger partial charge on any atom is -0.395 e. The molecule has 0 bridgehead atoms. The first-order valence-corrected chi connectivity index (χ1v) is 11.2. The molecule has 4 rings (SSSR count). The number of nitrogens with zero attached hydrogens (tertiary/aromatic N) is 2. The maximum Gasteiger partial charge on any atom is 0.261 e. The van der Waals surface area contributed by atoms with Crippen LogP contribution in [0.5, 0.6) is 0 Å². The zero-order valence-electron chi connectivity index (χ0n) is 17.2. The maximum absolute atomic E-state index is 12.8. The van der Waals surface area contributed by atoms with Crippen LogP contribution in [0.25, 0.3) is 16.3 Å². The molecule has 0 saturated carbocycles. The Morgan fingerprint density at radius 1 is 1.30 bits per heavy atom. The second-order valence-electron chi connectivity index (χ2n) is 7.80. The molecule has 2 N–H and O–H groups in total. The topological polar surface area (TPSA) is 65.5 Å². The minimum atomic E-state index is -0.111. The number of benzene rings is 1. The molecule has 0 aliphatic carbocycles. The Morgan fingerprint density at radius 2 is 2.13 bits per heavy atom. The molecule has 1 saturated heterocycles. The number of aliphatic hydroxyl groups is 1. The van der Waals surface area contributed by atoms with Crippen molar-refractivity contribution >= 4 is 33.5 Å². The van der Waals surface area contributed by atoms with E-state index in [1.54, 1.807) is 6.20 Å². The lowest BCUT2D eigenvalue weighted by molar-refractivity contribution is 0.0947. The molecule has 6 heteroatoms. The number of aromatic nitrogens is 1. The van der Waals surface area contributed by atoms with Crippen molar-refractivity contribution in [3.63, 3.8) is 0 Å². The van der Waals surface area contributed by atoms with Crippen molar-refractivity contribution < 1.29 is 9.90 Å². The Bertz CT molecular complexity index is 1050. The Kier molecular flexibility index (Phi) is 6.57. The second kappa shape index (κ2) is 9.51. The van der Waals surface area contributed by atoms with Crippen molar-refractivity contribution in [2.75, 3.05) is 32.8 Å². The number of fused-ring (bicyclic) bond motifs is 1. The number of hydrogen-bond donors (Lipinski definition) is 2. The number of carbonyl (C=O) groups excluding carboxylic acids is 1. The van der Waals surface area contributed by atoms with Crippen LogP contribution in [0.4, 0.5) is 0 Å². The highest BCUT2D eigenvalue weighted by molar-refractivity contribution is 7.20. The number of aliphatic hydroxyl groups excluding tert-OH is 1. The molecule has 1 aromatic carbocycles. The van der Waals surface area contributed by atoms with Crippen molar-refractivity contribution in [1.29, 1.82) is 0 Å². The SMILES string of the molecule is C/C(=C\c1ccccc1)CN1CC[C@@H](c2c(C(=O)NCCO)sc3ncccc23)C1. The van der Waals surface area contributed by atoms with Gasteiger partial charge in [0, 0.05) is 37.1 Å². The number of pyridine rings is 1. The van der Waals surface area contributed by atoms with Crippen molar-refractivity contribution in [3.05, 3.63) is 70.2 Å². The van der Waals surface area contributed by atoms with Crippen LogP contribution in [0.2, 0.25) is 0 Å². The van der Waals surface area contributed by atoms with Crippen LogP contribution in [0, 0.1) is 0 Å². The highest BCUT2D eigenvalue weighted by Crippen LogP contribution is 2.39. The quantitative estimate of drug-likeness (QED) is 0.607. The van der Waals surface area contributed by atoms with Gasteiger partial charge in [-0.05, 0) is 37.1 Å². The van der Waals surface area contributed by atoms with Crippen LogP contribution in [0.1, 0.15) is 40.1 Å². The molecular formula is C24H27N3O2S. The molecule has 2 aromatic heterocycles. The zero-order chi connectivity index (χ0) is 20.9. The summed E-state index contributed by atoms with van der Waals surface area (Å²) in [5.41, 5.74) is 3.67. The number of rotatable bonds is 7. The van der Waals surface area contributed by atoms with E-state index >= 15 is 0 Å². The van der Waals surface area contributed by atoms with Crippen molar-refractivity contribution in [1.82, 2.24) is 15.2 Å². The van der Waals surface area contributed by atoms with E-state index in [1.165, 1.54) is 22.5 Å². The molecule has 1 aliphatic rings. The molecule has 1 amide bonds. The largest absolute Gasteiger partial charge is 0.395 e. The second-order valence-corrected chi connectivity index (χ2v) is 8.80. The lowest BCUT2D eigenvalue weighted by Gasteiger charge is -2.17. The van der Waals surface area contributed by atoms with Crippen molar-refractivity contribution in [2.45, 2.75) is 19.3 Å². The number of thiophene rings is 1. The van der Waals surface area contributed by atoms with Crippen LogP contribution in [0.15, 0.2) is 54.2 Å². The van der Waals surface area contributed by atoms with Crippen LogP contribution < -0.4 is 5.32 Å². The maximum atomic E-state index is 12.8. The molecule has 3 aromatic rings. The highest BCUT2D eigenvalue weighted by Gasteiger charge is 2.30. The molecule has 0 spiro atoms. The molecule has 5 nitrogen and oxygen atoms in total. The third-order valence-corrected chi connectivity index (χ3v) is 6.60. The first kappa shape index (κ1) is 20.7. The third-order valence-electron chi connectivity index (χ3n) is 5.47. The lowest BCUT2D eigenvalue weighted by atomic mass is 9.95. The van der Waals surface area contributed by atoms with Crippen LogP contribution >= 0.6 is 11.3 Å². The monoisotopic (exact) mass is 421 g/mol. The van der Waals surface area contributed by atoms with Gasteiger partial charge in [-0.3, -0.25) is 9.69 Å². The summed E-state index contributed by atoms with van der Waals surface area (Å²) in [5, 5.41) is 13.0. The van der Waals surface area contributed by atoms with E-state index in [0.717, 1.165) is 46.7 Å². The number of nitrogens with one attached hydrogen (secondary N) is 1. The van der Waals surface area contributed by atoms with Crippen molar-refractivity contribution in [3.8, 4) is 0 Å². The normalized spacial score (nSPS) is 17.5. The molecular weight excluding hydrogens is 394 g/mol. The number of amides is 1. The molecule has 156 valence electrons. The summed E-state index contributed by atoms with van der Waals surface area (Å²) >= 11 is 1.45. The Labute approximate surface area is 181 Å². The molecule has 0 radical (unpaired) electrons. The average molecular weight is 422 g/mol. The van der Waals surface area contributed by atoms with Gasteiger partial charge in [0.15, 0.2) is 0 Å². The Balaban J connectivity index is 1.53. The van der Waals surface area contributed by atoms with Gasteiger partial charge in [-0.1, -0.05) is 48.0 Å². The standard InChI is InChI=1S/C24H27N3O2S/c1-17(14-18-6-3-2-4-7-18)15-27-12-9-19(16-27)21-20-8-5-10-26-24(20)30-22(21)23(29)25-11-13-28/h2-8,10,14,19,28H,9,11-13,15-16H2,1H3,(H,25,29)/b17-14+/t19-/m1/s1. The fourth-order valence-corrected chi connectivity index (χ4v) is 5.37. The summed E-state index contributed by atoms with van der Waals surface area (Å²) in [6, 6.07) is 14.4. The first-order chi connectivity index (χ1) is 14.7. The van der Waals surface area contributed by atoms with E-state index in [4.69, 9.17) is 5.11 Å². The van der Waals surface area contributed by atoms with E-state index < -0.39 is 0 Å². The van der Waals surface area contributed by atoms with E-state index in [1.807, 2.05) is 12.1 Å². The van der Waals surface area contributed by atoms with E-state index in [0.29, 0.717) is 5.92 Å². The summed E-state index contributed by atoms with van der Waals surface area (Å²) in [7, 11) is 0. The summed E-state index contributed by atoms with van der Waals surface area (Å²) < 4.78 is 0. The van der Waals surface area contributed by atoms with Crippen LogP contribution in [-0.4, -0.2) is 53.7 Å². The first-order valence-electron chi connectivity index (χ1n) is 10.4. The predicted octanol–water partition coefficient (Wildman–Crippen LogP) is 3.91. The van der Waals surface area contributed by atoms with Crippen LogP contribution in [0.3, 0.4) is 0 Å². The summed E-state index contributed by atoms with van der Waals surface area (Å²) in [4.78, 5) is 21.3. The molecule has 1 atom stereocenters. The Hall–Kier alpha value is -2.54. The van der Waals surface area contributed by atoms with Gasteiger partial charge in [0.05, 0.1) is 11.5 Å². The number of carbonyl (C=O) groups is 1. The van der Waals surface area contributed by atoms with Gasteiger partial charge >= 0.3 is 0 Å². The molecule has 30 heavy (non-hydrogen) atoms. The highest BCUT2D eigenvalue weighted by atomic mass is 32.1. The Morgan fingerprint density at radius 3 is 2.93 bits per heavy atom. The van der Waals surface area contributed by atoms with Gasteiger partial charge in [-0.15, -0.1) is 11.3 Å². The van der Waals surface area contributed by atoms with Gasteiger partial charge in [0.25, 0.3) is 5.91 Å². The van der Waals surface area contributed by atoms with E-state index in [-0.39, 0.29) is 19.1 Å². The summed E-state index contributed by atoms with van der Waals surface area (Å²) in [6.45, 7) is 5.26.